The molecule has 0 aliphatic heterocycles. The maximum absolute atomic E-state index is 12.3. The molecule has 0 bridgehead atoms. The van der Waals surface area contributed by atoms with Gasteiger partial charge in [0.1, 0.15) is 5.75 Å². The normalized spacial score (nSPS) is 10.1. The van der Waals surface area contributed by atoms with Gasteiger partial charge in [-0.1, -0.05) is 12.1 Å². The lowest BCUT2D eigenvalue weighted by Gasteiger charge is -2.08. The second-order valence-corrected chi connectivity index (χ2v) is 5.88. The molecule has 1 N–H and O–H groups in total. The zero-order valence-electron chi connectivity index (χ0n) is 11.9. The zero-order valence-corrected chi connectivity index (χ0v) is 14.1. The summed E-state index contributed by atoms with van der Waals surface area (Å²) in [7, 11) is 0. The molecule has 0 saturated carbocycles. The van der Waals surface area contributed by atoms with Crippen LogP contribution in [-0.2, 0) is 0 Å². The van der Waals surface area contributed by atoms with E-state index in [4.69, 9.17) is 4.74 Å². The lowest BCUT2D eigenvalue weighted by Crippen LogP contribution is -2.11. The van der Waals surface area contributed by atoms with Gasteiger partial charge >= 0.3 is 0 Å². The van der Waals surface area contributed by atoms with Crippen molar-refractivity contribution in [2.75, 3.05) is 5.32 Å². The maximum Gasteiger partial charge on any atom is 0.255 e. The monoisotopic (exact) mass is 417 g/mol. The van der Waals surface area contributed by atoms with Crippen molar-refractivity contribution in [1.82, 2.24) is 9.97 Å². The van der Waals surface area contributed by atoms with Crippen molar-refractivity contribution < 1.29 is 9.53 Å². The summed E-state index contributed by atoms with van der Waals surface area (Å²) in [6.45, 7) is 0. The molecule has 0 saturated heterocycles. The predicted octanol–water partition coefficient (Wildman–Crippen LogP) is 4.13. The summed E-state index contributed by atoms with van der Waals surface area (Å²) in [5.74, 6) is 0.805. The SMILES string of the molecule is O=C(Nc1cccc(Oc2cnccn2)c1)c1cccc(I)c1. The van der Waals surface area contributed by atoms with Gasteiger partial charge in [0.15, 0.2) is 0 Å². The van der Waals surface area contributed by atoms with Crippen LogP contribution < -0.4 is 10.1 Å². The Kier molecular flexibility index (Phi) is 4.82. The Morgan fingerprint density at radius 1 is 1.09 bits per heavy atom. The number of hydrogen-bond donors (Lipinski definition) is 1. The minimum Gasteiger partial charge on any atom is -0.437 e. The molecule has 0 aliphatic carbocycles. The van der Waals surface area contributed by atoms with Crippen LogP contribution in [0.3, 0.4) is 0 Å². The van der Waals surface area contributed by atoms with Crippen LogP contribution in [0.1, 0.15) is 10.4 Å². The highest BCUT2D eigenvalue weighted by molar-refractivity contribution is 14.1. The Balaban J connectivity index is 1.74. The van der Waals surface area contributed by atoms with Gasteiger partial charge in [0, 0.05) is 33.3 Å². The predicted molar refractivity (Wildman–Crippen MR) is 95.7 cm³/mol. The van der Waals surface area contributed by atoms with Crippen LogP contribution in [0.15, 0.2) is 67.1 Å². The number of hydrogen-bond acceptors (Lipinski definition) is 4. The first-order chi connectivity index (χ1) is 11.2. The van der Waals surface area contributed by atoms with Crippen molar-refractivity contribution in [2.45, 2.75) is 0 Å². The Morgan fingerprint density at radius 2 is 1.96 bits per heavy atom. The smallest absolute Gasteiger partial charge is 0.255 e. The van der Waals surface area contributed by atoms with Crippen molar-refractivity contribution >= 4 is 34.2 Å². The van der Waals surface area contributed by atoms with Gasteiger partial charge in [-0.05, 0) is 52.9 Å². The second kappa shape index (κ2) is 7.19. The Hall–Kier alpha value is -2.48. The van der Waals surface area contributed by atoms with Gasteiger partial charge < -0.3 is 10.1 Å². The quantitative estimate of drug-likeness (QED) is 0.649. The van der Waals surface area contributed by atoms with Crippen molar-refractivity contribution in [2.24, 2.45) is 0 Å². The van der Waals surface area contributed by atoms with Crippen LogP contribution in [0.2, 0.25) is 0 Å². The Labute approximate surface area is 146 Å². The first-order valence-electron chi connectivity index (χ1n) is 6.81. The minimum absolute atomic E-state index is 0.167. The molecular formula is C17H12IN3O2. The highest BCUT2D eigenvalue weighted by Gasteiger charge is 2.07. The first-order valence-corrected chi connectivity index (χ1v) is 7.89. The molecular weight excluding hydrogens is 405 g/mol. The van der Waals surface area contributed by atoms with E-state index < -0.39 is 0 Å². The van der Waals surface area contributed by atoms with Crippen molar-refractivity contribution in [3.05, 3.63) is 76.3 Å². The number of carbonyl (C=O) groups excluding carboxylic acids is 1. The number of anilines is 1. The third-order valence-corrected chi connectivity index (χ3v) is 3.61. The molecule has 3 rings (SSSR count). The van der Waals surface area contributed by atoms with Gasteiger partial charge in [0.2, 0.25) is 5.88 Å². The summed E-state index contributed by atoms with van der Waals surface area (Å²) in [5, 5.41) is 2.85. The van der Waals surface area contributed by atoms with E-state index in [0.717, 1.165) is 3.57 Å². The average Bonchev–Trinajstić information content (AvgIpc) is 2.56. The van der Waals surface area contributed by atoms with Gasteiger partial charge in [0.25, 0.3) is 5.91 Å². The van der Waals surface area contributed by atoms with Crippen molar-refractivity contribution in [3.8, 4) is 11.6 Å². The number of halogens is 1. The molecule has 0 spiro atoms. The molecule has 1 amide bonds. The summed E-state index contributed by atoms with van der Waals surface area (Å²) < 4.78 is 6.61. The van der Waals surface area contributed by atoms with Crippen LogP contribution in [0.4, 0.5) is 5.69 Å². The van der Waals surface area contributed by atoms with E-state index in [2.05, 4.69) is 37.9 Å². The van der Waals surface area contributed by atoms with Crippen molar-refractivity contribution in [1.29, 1.82) is 0 Å². The Bertz CT molecular complexity index is 825. The number of aromatic nitrogens is 2. The molecule has 2 aromatic carbocycles. The van der Waals surface area contributed by atoms with Gasteiger partial charge in [0.05, 0.1) is 6.20 Å². The van der Waals surface area contributed by atoms with Crippen LogP contribution in [0.25, 0.3) is 0 Å². The van der Waals surface area contributed by atoms with E-state index in [1.165, 1.54) is 6.20 Å². The molecule has 0 unspecified atom stereocenters. The van der Waals surface area contributed by atoms with Gasteiger partial charge in [-0.25, -0.2) is 4.98 Å². The molecule has 23 heavy (non-hydrogen) atoms. The van der Waals surface area contributed by atoms with E-state index in [-0.39, 0.29) is 5.91 Å². The van der Waals surface area contributed by atoms with E-state index >= 15 is 0 Å². The number of rotatable bonds is 4. The van der Waals surface area contributed by atoms with Gasteiger partial charge in [-0.2, -0.15) is 0 Å². The number of amides is 1. The zero-order chi connectivity index (χ0) is 16.1. The Morgan fingerprint density at radius 3 is 2.74 bits per heavy atom. The lowest BCUT2D eigenvalue weighted by molar-refractivity contribution is 0.102. The molecule has 0 aliphatic rings. The van der Waals surface area contributed by atoms with Crippen LogP contribution in [-0.4, -0.2) is 15.9 Å². The second-order valence-electron chi connectivity index (χ2n) is 4.64. The lowest BCUT2D eigenvalue weighted by atomic mass is 10.2. The fraction of sp³-hybridized carbons (Fsp3) is 0. The fourth-order valence-corrected chi connectivity index (χ4v) is 2.47. The topological polar surface area (TPSA) is 64.1 Å². The highest BCUT2D eigenvalue weighted by atomic mass is 127. The van der Waals surface area contributed by atoms with Crippen LogP contribution in [0, 0.1) is 3.57 Å². The molecule has 0 radical (unpaired) electrons. The van der Waals surface area contributed by atoms with E-state index in [9.17, 15) is 4.79 Å². The summed E-state index contributed by atoms with van der Waals surface area (Å²) in [6.07, 6.45) is 4.65. The summed E-state index contributed by atoms with van der Waals surface area (Å²) in [6, 6.07) is 14.5. The molecule has 6 heteroatoms. The largest absolute Gasteiger partial charge is 0.437 e. The molecule has 114 valence electrons. The molecule has 0 atom stereocenters. The van der Waals surface area contributed by atoms with E-state index in [0.29, 0.717) is 22.9 Å². The number of benzene rings is 2. The van der Waals surface area contributed by atoms with E-state index in [1.807, 2.05) is 18.2 Å². The number of ether oxygens (including phenoxy) is 1. The number of carbonyl (C=O) groups is 1. The summed E-state index contributed by atoms with van der Waals surface area (Å²) in [4.78, 5) is 20.2. The van der Waals surface area contributed by atoms with Crippen LogP contribution in [0.5, 0.6) is 11.6 Å². The van der Waals surface area contributed by atoms with Gasteiger partial charge in [-0.3, -0.25) is 9.78 Å². The third-order valence-electron chi connectivity index (χ3n) is 2.94. The minimum atomic E-state index is -0.167. The summed E-state index contributed by atoms with van der Waals surface area (Å²) >= 11 is 2.17. The fourth-order valence-electron chi connectivity index (χ4n) is 1.93. The van der Waals surface area contributed by atoms with E-state index in [1.54, 1.807) is 42.7 Å². The van der Waals surface area contributed by atoms with Crippen molar-refractivity contribution in [3.63, 3.8) is 0 Å². The number of nitrogens with one attached hydrogen (secondary N) is 1. The molecule has 0 fully saturated rings. The van der Waals surface area contributed by atoms with Gasteiger partial charge in [-0.15, -0.1) is 0 Å². The molecule has 1 heterocycles. The maximum atomic E-state index is 12.3. The molecule has 5 nitrogen and oxygen atoms in total. The molecule has 3 aromatic rings. The summed E-state index contributed by atoms with van der Waals surface area (Å²) in [5.41, 5.74) is 1.26. The standard InChI is InChI=1S/C17H12IN3O2/c18-13-4-1-3-12(9-13)17(22)21-14-5-2-6-15(10-14)23-16-11-19-7-8-20-16/h1-11H,(H,21,22). The van der Waals surface area contributed by atoms with Crippen LogP contribution >= 0.6 is 22.6 Å². The molecule has 1 aromatic heterocycles. The number of nitrogens with zero attached hydrogens (tertiary/aromatic N) is 2. The first kappa shape index (κ1) is 15.4. The average molecular weight is 417 g/mol. The highest BCUT2D eigenvalue weighted by Crippen LogP contribution is 2.22. The third kappa shape index (κ3) is 4.26.